The molecule has 13 heteroatoms. The van der Waals surface area contributed by atoms with Gasteiger partial charge < -0.3 is 19.7 Å². The highest BCUT2D eigenvalue weighted by atomic mass is 32.2. The van der Waals surface area contributed by atoms with Gasteiger partial charge in [-0.05, 0) is 99.5 Å². The molecule has 1 amide bonds. The molecule has 1 aliphatic rings. The number of aromatic nitrogens is 3. The largest absolute Gasteiger partial charge is 0.444 e. The lowest BCUT2D eigenvalue weighted by Gasteiger charge is -2.34. The Labute approximate surface area is 302 Å². The van der Waals surface area contributed by atoms with Crippen LogP contribution in [0.5, 0.6) is 11.6 Å². The van der Waals surface area contributed by atoms with Crippen molar-refractivity contribution in [3.63, 3.8) is 0 Å². The van der Waals surface area contributed by atoms with Crippen molar-refractivity contribution in [3.8, 4) is 29.0 Å². The van der Waals surface area contributed by atoms with Crippen molar-refractivity contribution >= 4 is 32.7 Å². The van der Waals surface area contributed by atoms with Crippen LogP contribution in [0.25, 0.3) is 22.0 Å². The molecule has 1 saturated heterocycles. The fraction of sp³-hybridized carbons (Fsp3) is 0.308. The number of sulfone groups is 1. The normalized spacial score (nSPS) is 14.8. The molecule has 1 aliphatic heterocycles. The fourth-order valence-corrected chi connectivity index (χ4v) is 7.70. The third-order valence-electron chi connectivity index (χ3n) is 8.52. The van der Waals surface area contributed by atoms with E-state index in [-0.39, 0.29) is 29.3 Å². The van der Waals surface area contributed by atoms with Crippen molar-refractivity contribution < 1.29 is 27.1 Å². The van der Waals surface area contributed by atoms with Crippen molar-refractivity contribution in [2.24, 2.45) is 0 Å². The van der Waals surface area contributed by atoms with E-state index >= 15 is 4.39 Å². The molecule has 11 nitrogen and oxygen atoms in total. The number of amides is 1. The number of likely N-dealkylation sites (tertiary alicyclic amines) is 1. The highest BCUT2D eigenvalue weighted by Gasteiger charge is 2.28. The van der Waals surface area contributed by atoms with Crippen LogP contribution in [-0.2, 0) is 26.1 Å². The minimum Gasteiger partial charge on any atom is -0.444 e. The Balaban J connectivity index is 1.25. The van der Waals surface area contributed by atoms with Gasteiger partial charge in [0.2, 0.25) is 11.8 Å². The number of carbonyl (C=O) groups is 1. The maximum Gasteiger partial charge on any atom is 0.410 e. The Kier molecular flexibility index (Phi) is 10.4. The van der Waals surface area contributed by atoms with Crippen LogP contribution in [0, 0.1) is 24.1 Å². The zero-order chi connectivity index (χ0) is 37.0. The zero-order valence-corrected chi connectivity index (χ0v) is 30.2. The van der Waals surface area contributed by atoms with Gasteiger partial charge in [0.05, 0.1) is 34.4 Å². The fourth-order valence-electron chi connectivity index (χ4n) is 6.17. The number of benzene rings is 3. The second-order valence-corrected chi connectivity index (χ2v) is 15.9. The molecule has 1 fully saturated rings. The minimum atomic E-state index is -3.83. The summed E-state index contributed by atoms with van der Waals surface area (Å²) in [7, 11) is -3.83. The van der Waals surface area contributed by atoms with Crippen molar-refractivity contribution in [3.05, 3.63) is 107 Å². The van der Waals surface area contributed by atoms with Crippen LogP contribution in [0.15, 0.2) is 79.1 Å². The number of nitrogens with one attached hydrogen (secondary N) is 1. The number of carbonyl (C=O) groups excluding carboxylic acids is 1. The van der Waals surface area contributed by atoms with Crippen molar-refractivity contribution in [1.82, 2.24) is 19.9 Å². The van der Waals surface area contributed by atoms with Crippen LogP contribution >= 0.6 is 0 Å². The molecule has 3 aromatic carbocycles. The average Bonchev–Trinajstić information content (AvgIpc) is 3.10. The maximum atomic E-state index is 15.4. The molecular weight excluding hydrogens is 684 g/mol. The van der Waals surface area contributed by atoms with Crippen LogP contribution in [0.1, 0.15) is 55.9 Å². The SMILES string of the molecule is Cc1ccc2c(CS(=O)(=O)Cc3cccc(C#N)c3)c(F)ccc2c1Oc1ncccc1-c1ccnc(N[C@H]2CCCN(C(=O)OC(C)(C)C)C2)n1. The van der Waals surface area contributed by atoms with Crippen LogP contribution in [0.2, 0.25) is 0 Å². The Morgan fingerprint density at radius 1 is 1.04 bits per heavy atom. The first-order valence-electron chi connectivity index (χ1n) is 16.9. The van der Waals surface area contributed by atoms with Gasteiger partial charge >= 0.3 is 6.09 Å². The number of pyridine rings is 1. The van der Waals surface area contributed by atoms with Gasteiger partial charge in [0.25, 0.3) is 0 Å². The number of anilines is 1. The smallest absolute Gasteiger partial charge is 0.410 e. The summed E-state index contributed by atoms with van der Waals surface area (Å²) in [6, 6.07) is 19.9. The molecule has 0 spiro atoms. The number of hydrogen-bond acceptors (Lipinski definition) is 10. The van der Waals surface area contributed by atoms with Gasteiger partial charge in [-0.2, -0.15) is 5.26 Å². The van der Waals surface area contributed by atoms with Crippen molar-refractivity contribution in [2.45, 2.75) is 63.7 Å². The number of nitriles is 1. The number of nitrogens with zero attached hydrogens (tertiary/aromatic N) is 5. The number of fused-ring (bicyclic) bond motifs is 1. The quantitative estimate of drug-likeness (QED) is 0.160. The standard InChI is InChI=1S/C39H39FN6O5S/c1-25-12-13-29-30(14-15-33(40)32(29)24-52(48,49)23-27-9-5-8-26(20-27)21-41)35(25)50-36-31(11-6-17-42-36)34-16-18-43-37(45-34)44-28-10-7-19-46(22-28)38(47)51-39(2,3)4/h5-6,8-9,11-18,20,28H,7,10,19,22-24H2,1-4H3,(H,43,44,45)/t28-/m0/s1. The van der Waals surface area contributed by atoms with Crippen molar-refractivity contribution in [1.29, 1.82) is 5.26 Å². The first kappa shape index (κ1) is 36.2. The van der Waals surface area contributed by atoms with Gasteiger partial charge in [-0.15, -0.1) is 0 Å². The summed E-state index contributed by atoms with van der Waals surface area (Å²) in [6.45, 7) is 8.42. The van der Waals surface area contributed by atoms with Gasteiger partial charge in [-0.1, -0.05) is 24.3 Å². The monoisotopic (exact) mass is 722 g/mol. The van der Waals surface area contributed by atoms with Gasteiger partial charge in [0.1, 0.15) is 17.2 Å². The molecule has 0 saturated carbocycles. The van der Waals surface area contributed by atoms with E-state index in [0.29, 0.717) is 57.9 Å². The van der Waals surface area contributed by atoms with Crippen LogP contribution in [0.3, 0.4) is 0 Å². The molecule has 0 aliphatic carbocycles. The van der Waals surface area contributed by atoms with E-state index in [9.17, 15) is 18.5 Å². The molecule has 2 aromatic heterocycles. The first-order chi connectivity index (χ1) is 24.8. The predicted molar refractivity (Wildman–Crippen MR) is 196 cm³/mol. The maximum absolute atomic E-state index is 15.4. The molecule has 268 valence electrons. The molecule has 1 atom stereocenters. The molecule has 0 bridgehead atoms. The van der Waals surface area contributed by atoms with Crippen LogP contribution < -0.4 is 10.1 Å². The lowest BCUT2D eigenvalue weighted by molar-refractivity contribution is 0.0206. The summed E-state index contributed by atoms with van der Waals surface area (Å²) in [6.07, 6.45) is 4.49. The summed E-state index contributed by atoms with van der Waals surface area (Å²) in [5.74, 6) is -0.517. The second kappa shape index (κ2) is 14.9. The third-order valence-corrected chi connectivity index (χ3v) is 10.0. The lowest BCUT2D eigenvalue weighted by atomic mass is 10.0. The lowest BCUT2D eigenvalue weighted by Crippen LogP contribution is -2.47. The topological polar surface area (TPSA) is 147 Å². The number of ether oxygens (including phenoxy) is 2. The average molecular weight is 723 g/mol. The Hall–Kier alpha value is -5.61. The summed E-state index contributed by atoms with van der Waals surface area (Å²) >= 11 is 0. The number of hydrogen-bond donors (Lipinski definition) is 1. The first-order valence-corrected chi connectivity index (χ1v) is 18.7. The van der Waals surface area contributed by atoms with Gasteiger partial charge in [-0.25, -0.2) is 32.6 Å². The Bertz CT molecular complexity index is 2290. The summed E-state index contributed by atoms with van der Waals surface area (Å²) in [4.78, 5) is 28.1. The molecule has 5 aromatic rings. The number of rotatable bonds is 9. The number of aryl methyl sites for hydroxylation is 1. The summed E-state index contributed by atoms with van der Waals surface area (Å²) in [5.41, 5.74) is 2.08. The molecule has 1 N–H and O–H groups in total. The van der Waals surface area contributed by atoms with E-state index < -0.39 is 27.0 Å². The molecule has 0 unspecified atom stereocenters. The third kappa shape index (κ3) is 8.63. The predicted octanol–water partition coefficient (Wildman–Crippen LogP) is 7.73. The summed E-state index contributed by atoms with van der Waals surface area (Å²) < 4.78 is 54.1. The molecule has 6 rings (SSSR count). The van der Waals surface area contributed by atoms with E-state index in [1.807, 2.05) is 39.8 Å². The van der Waals surface area contributed by atoms with Crippen molar-refractivity contribution in [2.75, 3.05) is 18.4 Å². The van der Waals surface area contributed by atoms with Gasteiger partial charge in [0.15, 0.2) is 9.84 Å². The van der Waals surface area contributed by atoms with E-state index in [4.69, 9.17) is 14.5 Å². The molecule has 0 radical (unpaired) electrons. The van der Waals surface area contributed by atoms with Gasteiger partial charge in [0, 0.05) is 42.5 Å². The Morgan fingerprint density at radius 2 is 1.85 bits per heavy atom. The van der Waals surface area contributed by atoms with E-state index in [1.54, 1.807) is 65.8 Å². The molecule has 52 heavy (non-hydrogen) atoms. The summed E-state index contributed by atoms with van der Waals surface area (Å²) in [5, 5.41) is 13.5. The number of piperidine rings is 1. The molecule has 3 heterocycles. The van der Waals surface area contributed by atoms with E-state index in [1.165, 1.54) is 12.1 Å². The van der Waals surface area contributed by atoms with Crippen LogP contribution in [-0.4, -0.2) is 59.1 Å². The minimum absolute atomic E-state index is 0.0273. The highest BCUT2D eigenvalue weighted by Crippen LogP contribution is 2.38. The van der Waals surface area contributed by atoms with E-state index in [2.05, 4.69) is 15.3 Å². The Morgan fingerprint density at radius 3 is 2.63 bits per heavy atom. The molecular formula is C39H39FN6O5S. The van der Waals surface area contributed by atoms with E-state index in [0.717, 1.165) is 18.4 Å². The second-order valence-electron chi connectivity index (χ2n) is 13.8. The zero-order valence-electron chi connectivity index (χ0n) is 29.4. The van der Waals surface area contributed by atoms with Gasteiger partial charge in [-0.3, -0.25) is 0 Å². The van der Waals surface area contributed by atoms with Crippen LogP contribution in [0.4, 0.5) is 15.1 Å². The highest BCUT2D eigenvalue weighted by molar-refractivity contribution is 7.89. The number of halogens is 1.